The van der Waals surface area contributed by atoms with Crippen molar-refractivity contribution in [2.45, 2.75) is 6.92 Å². The van der Waals surface area contributed by atoms with Crippen molar-refractivity contribution in [3.8, 4) is 28.5 Å². The minimum Gasteiger partial charge on any atom is -0.460 e. The highest BCUT2D eigenvalue weighted by Gasteiger charge is 2.18. The van der Waals surface area contributed by atoms with Crippen LogP contribution in [0.2, 0.25) is 0 Å². The lowest BCUT2D eigenvalue weighted by molar-refractivity contribution is 0.545. The molecule has 0 aliphatic carbocycles. The fourth-order valence-corrected chi connectivity index (χ4v) is 2.45. The summed E-state index contributed by atoms with van der Waals surface area (Å²) in [5, 5.41) is 4.56. The average molecular weight is 308 g/mol. The Labute approximate surface area is 131 Å². The van der Waals surface area contributed by atoms with Gasteiger partial charge >= 0.3 is 0 Å². The molecule has 5 nitrogen and oxygen atoms in total. The predicted octanol–water partition coefficient (Wildman–Crippen LogP) is 3.97. The Balaban J connectivity index is 1.90. The van der Waals surface area contributed by atoms with Crippen molar-refractivity contribution < 1.29 is 8.81 Å². The largest absolute Gasteiger partial charge is 0.460 e. The highest BCUT2D eigenvalue weighted by atomic mass is 19.1. The van der Waals surface area contributed by atoms with E-state index in [-0.39, 0.29) is 5.82 Å². The Morgan fingerprint density at radius 3 is 2.83 bits per heavy atom. The maximum absolute atomic E-state index is 13.5. The maximum atomic E-state index is 13.5. The molecule has 0 aliphatic rings. The topological polar surface area (TPSA) is 59.6 Å². The first-order valence-corrected chi connectivity index (χ1v) is 7.13. The summed E-state index contributed by atoms with van der Waals surface area (Å²) in [4.78, 5) is 7.35. The summed E-state index contributed by atoms with van der Waals surface area (Å²) >= 11 is 0. The third-order valence-electron chi connectivity index (χ3n) is 3.51. The Morgan fingerprint density at radius 1 is 1.22 bits per heavy atom. The quantitative estimate of drug-likeness (QED) is 0.623. The number of imidazole rings is 1. The lowest BCUT2D eigenvalue weighted by Crippen LogP contribution is -1.95. The van der Waals surface area contributed by atoms with Gasteiger partial charge in [-0.05, 0) is 37.3 Å². The van der Waals surface area contributed by atoms with Crippen LogP contribution < -0.4 is 0 Å². The van der Waals surface area contributed by atoms with Gasteiger partial charge in [0.15, 0.2) is 5.76 Å². The molecule has 0 saturated carbocycles. The number of nitrogens with zero attached hydrogens (tertiary/aromatic N) is 3. The molecule has 0 aliphatic heterocycles. The summed E-state index contributed by atoms with van der Waals surface area (Å²) in [6.07, 6.45) is 5.22. The van der Waals surface area contributed by atoms with Gasteiger partial charge in [-0.25, -0.2) is 14.1 Å². The Hall–Kier alpha value is -3.15. The van der Waals surface area contributed by atoms with Crippen molar-refractivity contribution in [2.24, 2.45) is 0 Å². The van der Waals surface area contributed by atoms with Crippen molar-refractivity contribution in [2.75, 3.05) is 0 Å². The average Bonchev–Trinajstić information content (AvgIpc) is 3.26. The summed E-state index contributed by atoms with van der Waals surface area (Å²) in [5.41, 5.74) is 2.07. The number of benzene rings is 1. The number of H-pyrrole nitrogens is 1. The minimum atomic E-state index is -0.312. The predicted molar refractivity (Wildman–Crippen MR) is 83.5 cm³/mol. The SMILES string of the molecule is Cc1ccc(-c2nn(-c3cccc(F)c3)cc2-c2ncc[nH]2)o1. The Morgan fingerprint density at radius 2 is 2.13 bits per heavy atom. The summed E-state index contributed by atoms with van der Waals surface area (Å²) in [7, 11) is 0. The molecule has 6 heteroatoms. The van der Waals surface area contributed by atoms with Gasteiger partial charge in [0.2, 0.25) is 0 Å². The van der Waals surface area contributed by atoms with Gasteiger partial charge in [0.1, 0.15) is 23.1 Å². The van der Waals surface area contributed by atoms with E-state index < -0.39 is 0 Å². The van der Waals surface area contributed by atoms with E-state index in [2.05, 4.69) is 15.1 Å². The molecule has 0 spiro atoms. The second kappa shape index (κ2) is 5.24. The second-order valence-corrected chi connectivity index (χ2v) is 5.16. The number of nitrogens with one attached hydrogen (secondary N) is 1. The zero-order valence-electron chi connectivity index (χ0n) is 12.3. The number of hydrogen-bond donors (Lipinski definition) is 1. The monoisotopic (exact) mass is 308 g/mol. The molecule has 23 heavy (non-hydrogen) atoms. The van der Waals surface area contributed by atoms with E-state index in [0.717, 1.165) is 11.3 Å². The highest BCUT2D eigenvalue weighted by Crippen LogP contribution is 2.31. The normalized spacial score (nSPS) is 11.0. The zero-order chi connectivity index (χ0) is 15.8. The first-order valence-electron chi connectivity index (χ1n) is 7.13. The molecule has 0 atom stereocenters. The van der Waals surface area contributed by atoms with Crippen molar-refractivity contribution in [1.29, 1.82) is 0 Å². The number of rotatable bonds is 3. The van der Waals surface area contributed by atoms with Crippen LogP contribution in [0.1, 0.15) is 5.76 Å². The molecule has 1 N–H and O–H groups in total. The third kappa shape index (κ3) is 2.44. The molecule has 0 radical (unpaired) electrons. The Bertz CT molecular complexity index is 953. The molecular formula is C17H13FN4O. The van der Waals surface area contributed by atoms with Gasteiger partial charge in [0.05, 0.1) is 11.3 Å². The smallest absolute Gasteiger partial charge is 0.155 e. The molecule has 0 amide bonds. The molecule has 4 aromatic rings. The van der Waals surface area contributed by atoms with Crippen LogP contribution >= 0.6 is 0 Å². The van der Waals surface area contributed by atoms with E-state index in [9.17, 15) is 4.39 Å². The minimum absolute atomic E-state index is 0.312. The standard InChI is InChI=1S/C17H13FN4O/c1-11-5-6-15(23-11)16-14(17-19-7-8-20-17)10-22(21-16)13-4-2-3-12(18)9-13/h2-10H,1H3,(H,19,20). The van der Waals surface area contributed by atoms with Crippen molar-refractivity contribution in [3.63, 3.8) is 0 Å². The van der Waals surface area contributed by atoms with Crippen LogP contribution in [0.4, 0.5) is 4.39 Å². The van der Waals surface area contributed by atoms with Crippen LogP contribution in [0.3, 0.4) is 0 Å². The van der Waals surface area contributed by atoms with Gasteiger partial charge in [0.25, 0.3) is 0 Å². The van der Waals surface area contributed by atoms with E-state index in [4.69, 9.17) is 4.42 Å². The molecule has 3 aromatic heterocycles. The van der Waals surface area contributed by atoms with Crippen LogP contribution in [0.25, 0.3) is 28.5 Å². The van der Waals surface area contributed by atoms with Gasteiger partial charge in [0, 0.05) is 18.6 Å². The van der Waals surface area contributed by atoms with Crippen LogP contribution in [0.5, 0.6) is 0 Å². The molecule has 3 heterocycles. The van der Waals surface area contributed by atoms with Crippen LogP contribution in [0.15, 0.2) is 59.4 Å². The molecule has 0 unspecified atom stereocenters. The molecule has 4 rings (SSSR count). The fourth-order valence-electron chi connectivity index (χ4n) is 2.45. The number of aromatic nitrogens is 4. The second-order valence-electron chi connectivity index (χ2n) is 5.16. The highest BCUT2D eigenvalue weighted by molar-refractivity contribution is 5.74. The summed E-state index contributed by atoms with van der Waals surface area (Å²) < 4.78 is 20.8. The van der Waals surface area contributed by atoms with Gasteiger partial charge in [-0.1, -0.05) is 6.07 Å². The van der Waals surface area contributed by atoms with Gasteiger partial charge in [-0.15, -0.1) is 0 Å². The van der Waals surface area contributed by atoms with Gasteiger partial charge < -0.3 is 9.40 Å². The number of hydrogen-bond acceptors (Lipinski definition) is 3. The number of aryl methyl sites for hydroxylation is 1. The summed E-state index contributed by atoms with van der Waals surface area (Å²) in [6.45, 7) is 1.87. The van der Waals surface area contributed by atoms with Crippen molar-refractivity contribution >= 4 is 0 Å². The van der Waals surface area contributed by atoms with Gasteiger partial charge in [-0.2, -0.15) is 5.10 Å². The summed E-state index contributed by atoms with van der Waals surface area (Å²) in [6, 6.07) is 10.0. The first-order chi connectivity index (χ1) is 11.2. The first kappa shape index (κ1) is 13.5. The fraction of sp³-hybridized carbons (Fsp3) is 0.0588. The molecule has 0 fully saturated rings. The molecule has 0 bridgehead atoms. The zero-order valence-corrected chi connectivity index (χ0v) is 12.3. The van der Waals surface area contributed by atoms with E-state index in [1.54, 1.807) is 35.4 Å². The summed E-state index contributed by atoms with van der Waals surface area (Å²) in [5.74, 6) is 1.81. The van der Waals surface area contributed by atoms with Gasteiger partial charge in [-0.3, -0.25) is 0 Å². The van der Waals surface area contributed by atoms with E-state index in [0.29, 0.717) is 23.0 Å². The van der Waals surface area contributed by atoms with Crippen molar-refractivity contribution in [1.82, 2.24) is 19.7 Å². The number of aromatic amines is 1. The van der Waals surface area contributed by atoms with Crippen LogP contribution in [-0.4, -0.2) is 19.7 Å². The molecular weight excluding hydrogens is 295 g/mol. The van der Waals surface area contributed by atoms with E-state index in [1.165, 1.54) is 12.1 Å². The maximum Gasteiger partial charge on any atom is 0.155 e. The lowest BCUT2D eigenvalue weighted by atomic mass is 10.2. The van der Waals surface area contributed by atoms with Crippen LogP contribution in [0, 0.1) is 12.7 Å². The third-order valence-corrected chi connectivity index (χ3v) is 3.51. The number of halogens is 1. The van der Waals surface area contributed by atoms with Crippen LogP contribution in [-0.2, 0) is 0 Å². The molecule has 0 saturated heterocycles. The molecule has 1 aromatic carbocycles. The van der Waals surface area contributed by atoms with E-state index >= 15 is 0 Å². The number of furan rings is 1. The van der Waals surface area contributed by atoms with E-state index in [1.807, 2.05) is 19.1 Å². The Kier molecular flexibility index (Phi) is 3.08. The van der Waals surface area contributed by atoms with Crippen molar-refractivity contribution in [3.05, 3.63) is 66.6 Å². The lowest BCUT2D eigenvalue weighted by Gasteiger charge is -2.00. The molecule has 114 valence electrons.